The molecule has 1 N–H and O–H groups in total. The Kier molecular flexibility index (Phi) is 4.85. The Morgan fingerprint density at radius 2 is 2.00 bits per heavy atom. The van der Waals surface area contributed by atoms with Crippen molar-refractivity contribution >= 4 is 5.97 Å². The summed E-state index contributed by atoms with van der Waals surface area (Å²) in [7, 11) is 0. The van der Waals surface area contributed by atoms with Crippen LogP contribution in [0, 0.1) is 12.7 Å². The summed E-state index contributed by atoms with van der Waals surface area (Å²) in [5.74, 6) is -0.469. The lowest BCUT2D eigenvalue weighted by Crippen LogP contribution is -2.40. The summed E-state index contributed by atoms with van der Waals surface area (Å²) in [6.07, 6.45) is 3.28. The van der Waals surface area contributed by atoms with Crippen LogP contribution in [0.5, 0.6) is 0 Å². The van der Waals surface area contributed by atoms with E-state index < -0.39 is 17.8 Å². The zero-order valence-electron chi connectivity index (χ0n) is 13.5. The summed E-state index contributed by atoms with van der Waals surface area (Å²) in [5, 5.41) is 9.59. The fraction of sp³-hybridized carbons (Fsp3) is 0.389. The van der Waals surface area contributed by atoms with Crippen LogP contribution < -0.4 is 0 Å². The van der Waals surface area contributed by atoms with Crippen LogP contribution in [0.1, 0.15) is 41.9 Å². The number of aromatic nitrogens is 2. The summed E-state index contributed by atoms with van der Waals surface area (Å²) < 4.78 is 14.0. The van der Waals surface area contributed by atoms with E-state index >= 15 is 0 Å². The van der Waals surface area contributed by atoms with E-state index in [0.717, 1.165) is 24.4 Å². The van der Waals surface area contributed by atoms with Gasteiger partial charge in [-0.05, 0) is 45.0 Å². The Balaban J connectivity index is 1.75. The summed E-state index contributed by atoms with van der Waals surface area (Å²) in [6, 6.07) is 6.99. The maximum Gasteiger partial charge on any atom is 0.325 e. The minimum absolute atomic E-state index is 0.218. The van der Waals surface area contributed by atoms with Gasteiger partial charge in [-0.3, -0.25) is 9.69 Å². The second kappa shape index (κ2) is 7.05. The van der Waals surface area contributed by atoms with Crippen molar-refractivity contribution in [3.8, 4) is 0 Å². The second-order valence-corrected chi connectivity index (χ2v) is 6.13. The summed E-state index contributed by atoms with van der Waals surface area (Å²) in [6.45, 7) is 3.08. The molecule has 1 aliphatic heterocycles. The van der Waals surface area contributed by atoms with Crippen LogP contribution in [0.25, 0.3) is 0 Å². The molecule has 2 heterocycles. The highest BCUT2D eigenvalue weighted by Crippen LogP contribution is 2.32. The van der Waals surface area contributed by atoms with Gasteiger partial charge in [0.1, 0.15) is 17.7 Å². The topological polar surface area (TPSA) is 66.3 Å². The number of aryl methyl sites for hydroxylation is 1. The second-order valence-electron chi connectivity index (χ2n) is 6.13. The highest BCUT2D eigenvalue weighted by atomic mass is 19.1. The third kappa shape index (κ3) is 3.43. The van der Waals surface area contributed by atoms with Crippen LogP contribution in [-0.2, 0) is 4.79 Å². The molecule has 3 rings (SSSR count). The first-order chi connectivity index (χ1) is 11.6. The van der Waals surface area contributed by atoms with Crippen LogP contribution in [-0.4, -0.2) is 39.0 Å². The monoisotopic (exact) mass is 329 g/mol. The van der Waals surface area contributed by atoms with Crippen molar-refractivity contribution in [3.63, 3.8) is 0 Å². The number of likely N-dealkylation sites (tertiary alicyclic amines) is 1. The number of hydrogen-bond acceptors (Lipinski definition) is 4. The van der Waals surface area contributed by atoms with Gasteiger partial charge in [0.05, 0.1) is 0 Å². The van der Waals surface area contributed by atoms with Gasteiger partial charge in [-0.2, -0.15) is 0 Å². The van der Waals surface area contributed by atoms with Gasteiger partial charge in [-0.1, -0.05) is 18.2 Å². The Hall–Kier alpha value is -2.34. The molecule has 0 aliphatic carbocycles. The van der Waals surface area contributed by atoms with Crippen molar-refractivity contribution in [1.82, 2.24) is 14.9 Å². The Labute approximate surface area is 140 Å². The van der Waals surface area contributed by atoms with E-state index in [-0.39, 0.29) is 11.5 Å². The summed E-state index contributed by atoms with van der Waals surface area (Å²) in [5.41, 5.74) is 1.15. The van der Waals surface area contributed by atoms with Crippen molar-refractivity contribution in [3.05, 3.63) is 59.4 Å². The standard InChI is InChI=1S/C18H20FN3O2/c1-12-6-9-20-17(21-12)13-7-10-22(11-8-13)16(18(23)24)14-4-2-3-5-15(14)19/h2-6,9,13,16H,7-8,10-11H2,1H3,(H,23,24). The van der Waals surface area contributed by atoms with Gasteiger partial charge < -0.3 is 5.11 Å². The van der Waals surface area contributed by atoms with Crippen molar-refractivity contribution in [2.45, 2.75) is 31.7 Å². The molecule has 1 aromatic carbocycles. The smallest absolute Gasteiger partial charge is 0.325 e. The van der Waals surface area contributed by atoms with Crippen LogP contribution in [0.3, 0.4) is 0 Å². The molecule has 1 fully saturated rings. The van der Waals surface area contributed by atoms with Gasteiger partial charge in [0.25, 0.3) is 0 Å². The molecule has 24 heavy (non-hydrogen) atoms. The number of halogens is 1. The maximum absolute atomic E-state index is 14.0. The van der Waals surface area contributed by atoms with Crippen molar-refractivity contribution in [2.75, 3.05) is 13.1 Å². The lowest BCUT2D eigenvalue weighted by molar-refractivity contribution is -0.144. The molecule has 126 valence electrons. The molecule has 0 radical (unpaired) electrons. The zero-order valence-corrected chi connectivity index (χ0v) is 13.5. The number of aliphatic carboxylic acids is 1. The molecule has 5 nitrogen and oxygen atoms in total. The Morgan fingerprint density at radius 3 is 2.62 bits per heavy atom. The van der Waals surface area contributed by atoms with Gasteiger partial charge in [0, 0.05) is 23.4 Å². The lowest BCUT2D eigenvalue weighted by Gasteiger charge is -2.35. The number of carboxylic acid groups (broad SMARTS) is 1. The first-order valence-corrected chi connectivity index (χ1v) is 8.07. The Bertz CT molecular complexity index is 730. The first kappa shape index (κ1) is 16.5. The summed E-state index contributed by atoms with van der Waals surface area (Å²) >= 11 is 0. The normalized spacial score (nSPS) is 17.6. The quantitative estimate of drug-likeness (QED) is 0.934. The number of benzene rings is 1. The Morgan fingerprint density at radius 1 is 1.29 bits per heavy atom. The molecule has 1 atom stereocenters. The first-order valence-electron chi connectivity index (χ1n) is 8.07. The number of rotatable bonds is 4. The highest BCUT2D eigenvalue weighted by Gasteiger charge is 2.33. The largest absolute Gasteiger partial charge is 0.480 e. The molecule has 0 spiro atoms. The van der Waals surface area contributed by atoms with E-state index in [2.05, 4.69) is 9.97 Å². The molecular weight excluding hydrogens is 309 g/mol. The van der Waals surface area contributed by atoms with Gasteiger partial charge in [0.15, 0.2) is 0 Å². The molecule has 2 aromatic rings. The van der Waals surface area contributed by atoms with Crippen molar-refractivity contribution < 1.29 is 14.3 Å². The number of hydrogen-bond donors (Lipinski definition) is 1. The van der Waals surface area contributed by atoms with E-state index in [1.165, 1.54) is 6.07 Å². The molecule has 1 aromatic heterocycles. The van der Waals surface area contributed by atoms with Gasteiger partial charge in [-0.15, -0.1) is 0 Å². The van der Waals surface area contributed by atoms with Crippen LogP contribution in [0.4, 0.5) is 4.39 Å². The van der Waals surface area contributed by atoms with E-state index in [1.807, 2.05) is 17.9 Å². The SMILES string of the molecule is Cc1ccnc(C2CCN(C(C(=O)O)c3ccccc3F)CC2)n1. The molecule has 6 heteroatoms. The molecule has 0 amide bonds. The average molecular weight is 329 g/mol. The van der Waals surface area contributed by atoms with E-state index in [9.17, 15) is 14.3 Å². The third-order valence-corrected chi connectivity index (χ3v) is 4.51. The molecule has 1 aliphatic rings. The fourth-order valence-corrected chi connectivity index (χ4v) is 3.26. The van der Waals surface area contributed by atoms with E-state index in [1.54, 1.807) is 24.4 Å². The predicted octanol–water partition coefficient (Wildman–Crippen LogP) is 2.93. The third-order valence-electron chi connectivity index (χ3n) is 4.51. The van der Waals surface area contributed by atoms with E-state index in [4.69, 9.17) is 0 Å². The fourth-order valence-electron chi connectivity index (χ4n) is 3.26. The summed E-state index contributed by atoms with van der Waals surface area (Å²) in [4.78, 5) is 22.3. The number of carboxylic acids is 1. The van der Waals surface area contributed by atoms with Crippen molar-refractivity contribution in [2.24, 2.45) is 0 Å². The van der Waals surface area contributed by atoms with Gasteiger partial charge in [-0.25, -0.2) is 14.4 Å². The molecular formula is C18H20FN3O2. The number of piperidine rings is 1. The molecule has 1 saturated heterocycles. The van der Waals surface area contributed by atoms with Gasteiger partial charge in [0.2, 0.25) is 0 Å². The van der Waals surface area contributed by atoms with Crippen LogP contribution >= 0.6 is 0 Å². The average Bonchev–Trinajstić information content (AvgIpc) is 2.57. The van der Waals surface area contributed by atoms with Crippen molar-refractivity contribution in [1.29, 1.82) is 0 Å². The number of nitrogens with zero attached hydrogens (tertiary/aromatic N) is 3. The van der Waals surface area contributed by atoms with Crippen LogP contribution in [0.2, 0.25) is 0 Å². The van der Waals surface area contributed by atoms with Crippen LogP contribution in [0.15, 0.2) is 36.5 Å². The molecule has 0 saturated carbocycles. The molecule has 0 bridgehead atoms. The minimum Gasteiger partial charge on any atom is -0.480 e. The maximum atomic E-state index is 14.0. The predicted molar refractivity (Wildman–Crippen MR) is 87.1 cm³/mol. The van der Waals surface area contributed by atoms with Gasteiger partial charge >= 0.3 is 5.97 Å². The number of carbonyl (C=O) groups is 1. The minimum atomic E-state index is -1.02. The van der Waals surface area contributed by atoms with E-state index in [0.29, 0.717) is 13.1 Å². The molecule has 1 unspecified atom stereocenters. The zero-order chi connectivity index (χ0) is 17.1. The lowest BCUT2D eigenvalue weighted by atomic mass is 9.93. The highest BCUT2D eigenvalue weighted by molar-refractivity contribution is 5.75.